The van der Waals surface area contributed by atoms with Crippen molar-refractivity contribution in [3.05, 3.63) is 11.1 Å². The molecule has 0 bridgehead atoms. The third kappa shape index (κ3) is 5.40. The van der Waals surface area contributed by atoms with Crippen LogP contribution in [-0.2, 0) is 4.74 Å². The molecule has 0 aliphatic heterocycles. The molecule has 0 radical (unpaired) electrons. The van der Waals surface area contributed by atoms with Crippen LogP contribution in [0.5, 0.6) is 0 Å². The van der Waals surface area contributed by atoms with Crippen LogP contribution in [-0.4, -0.2) is 24.9 Å². The first-order valence-corrected chi connectivity index (χ1v) is 5.44. The maximum absolute atomic E-state index is 8.97. The van der Waals surface area contributed by atoms with Crippen LogP contribution in [0.1, 0.15) is 46.5 Å². The fourth-order valence-corrected chi connectivity index (χ4v) is 1.39. The van der Waals surface area contributed by atoms with Gasteiger partial charge in [-0.2, -0.15) is 0 Å². The molecule has 0 amide bonds. The second-order valence-electron chi connectivity index (χ2n) is 3.92. The highest BCUT2D eigenvalue weighted by atomic mass is 16.5. The van der Waals surface area contributed by atoms with E-state index in [1.165, 1.54) is 18.4 Å². The van der Waals surface area contributed by atoms with Gasteiger partial charge in [0.25, 0.3) is 0 Å². The van der Waals surface area contributed by atoms with E-state index in [0.717, 1.165) is 18.4 Å². The number of hydrogen-bond acceptors (Lipinski definition) is 2. The second-order valence-corrected chi connectivity index (χ2v) is 3.92. The summed E-state index contributed by atoms with van der Waals surface area (Å²) < 4.78 is 5.40. The van der Waals surface area contributed by atoms with Crippen LogP contribution in [0.4, 0.5) is 0 Å². The molecule has 0 saturated heterocycles. The van der Waals surface area contributed by atoms with Gasteiger partial charge in [0.15, 0.2) is 0 Å². The van der Waals surface area contributed by atoms with E-state index < -0.39 is 0 Å². The summed E-state index contributed by atoms with van der Waals surface area (Å²) in [5.74, 6) is 0. The Morgan fingerprint density at radius 3 is 2.36 bits per heavy atom. The molecule has 1 atom stereocenters. The summed E-state index contributed by atoms with van der Waals surface area (Å²) in [4.78, 5) is 0. The van der Waals surface area contributed by atoms with Crippen molar-refractivity contribution in [1.82, 2.24) is 0 Å². The molecule has 0 rings (SSSR count). The van der Waals surface area contributed by atoms with Crippen molar-refractivity contribution >= 4 is 0 Å². The molecule has 0 aliphatic carbocycles. The van der Waals surface area contributed by atoms with Gasteiger partial charge in [-0.3, -0.25) is 0 Å². The van der Waals surface area contributed by atoms with Crippen LogP contribution in [0.3, 0.4) is 0 Å². The second kappa shape index (κ2) is 8.01. The van der Waals surface area contributed by atoms with E-state index in [1.807, 2.05) is 6.92 Å². The topological polar surface area (TPSA) is 29.5 Å². The molecule has 1 N–H and O–H groups in total. The summed E-state index contributed by atoms with van der Waals surface area (Å²) in [6.45, 7) is 6.40. The number of unbranched alkanes of at least 4 members (excludes halogenated alkanes) is 1. The normalized spacial score (nSPS) is 15.2. The summed E-state index contributed by atoms with van der Waals surface area (Å²) in [7, 11) is 1.77. The molecule has 0 aromatic carbocycles. The van der Waals surface area contributed by atoms with Gasteiger partial charge < -0.3 is 9.84 Å². The summed E-state index contributed by atoms with van der Waals surface area (Å²) in [5, 5.41) is 8.97. The molecular formula is C12H24O2. The van der Waals surface area contributed by atoms with Crippen molar-refractivity contribution in [2.75, 3.05) is 13.7 Å². The van der Waals surface area contributed by atoms with E-state index in [-0.39, 0.29) is 6.61 Å². The van der Waals surface area contributed by atoms with Gasteiger partial charge in [0, 0.05) is 7.11 Å². The maximum Gasteiger partial charge on any atom is 0.0641 e. The number of methoxy groups -OCH3 is 1. The number of ether oxygens (including phenoxy) is 1. The van der Waals surface area contributed by atoms with E-state index in [1.54, 1.807) is 7.11 Å². The highest BCUT2D eigenvalue weighted by Crippen LogP contribution is 2.16. The van der Waals surface area contributed by atoms with Gasteiger partial charge in [-0.1, -0.05) is 25.3 Å². The number of hydrogen-bond donors (Lipinski definition) is 1. The van der Waals surface area contributed by atoms with E-state index in [0.29, 0.717) is 6.10 Å². The standard InChI is InChI=1S/C12H24O2/c1-5-6-7-12(14-4)8-10(2)11(3)9-13/h12-13H,5-9H2,1-4H3/b11-10+. The quantitative estimate of drug-likeness (QED) is 0.640. The number of aliphatic hydroxyl groups excluding tert-OH is 1. The first kappa shape index (κ1) is 13.7. The van der Waals surface area contributed by atoms with Crippen LogP contribution in [0.25, 0.3) is 0 Å². The predicted octanol–water partition coefficient (Wildman–Crippen LogP) is 2.91. The predicted molar refractivity (Wildman–Crippen MR) is 60.4 cm³/mol. The van der Waals surface area contributed by atoms with Crippen molar-refractivity contribution in [2.24, 2.45) is 0 Å². The van der Waals surface area contributed by atoms with Gasteiger partial charge in [-0.05, 0) is 32.3 Å². The van der Waals surface area contributed by atoms with Gasteiger partial charge in [0.2, 0.25) is 0 Å². The molecule has 0 aliphatic rings. The molecule has 0 fully saturated rings. The summed E-state index contributed by atoms with van der Waals surface area (Å²) in [6, 6.07) is 0. The maximum atomic E-state index is 8.97. The lowest BCUT2D eigenvalue weighted by Gasteiger charge is -2.16. The number of rotatable bonds is 7. The van der Waals surface area contributed by atoms with Gasteiger partial charge in [-0.25, -0.2) is 0 Å². The average molecular weight is 200 g/mol. The lowest BCUT2D eigenvalue weighted by atomic mass is 10.0. The SMILES string of the molecule is CCCCC(C/C(C)=C(\C)CO)OC. The zero-order chi connectivity index (χ0) is 11.0. The third-order valence-electron chi connectivity index (χ3n) is 2.71. The lowest BCUT2D eigenvalue weighted by molar-refractivity contribution is 0.0931. The molecule has 0 heterocycles. The Labute approximate surface area is 88.0 Å². The molecule has 14 heavy (non-hydrogen) atoms. The van der Waals surface area contributed by atoms with Crippen LogP contribution >= 0.6 is 0 Å². The van der Waals surface area contributed by atoms with Gasteiger partial charge in [-0.15, -0.1) is 0 Å². The molecule has 1 unspecified atom stereocenters. The number of aliphatic hydroxyl groups is 1. The highest BCUT2D eigenvalue weighted by Gasteiger charge is 2.08. The zero-order valence-electron chi connectivity index (χ0n) is 9.97. The summed E-state index contributed by atoms with van der Waals surface area (Å²) >= 11 is 0. The first-order valence-electron chi connectivity index (χ1n) is 5.44. The third-order valence-corrected chi connectivity index (χ3v) is 2.71. The van der Waals surface area contributed by atoms with E-state index in [9.17, 15) is 0 Å². The van der Waals surface area contributed by atoms with Crippen molar-refractivity contribution in [3.8, 4) is 0 Å². The minimum Gasteiger partial charge on any atom is -0.392 e. The Kier molecular flexibility index (Phi) is 7.81. The van der Waals surface area contributed by atoms with Crippen molar-refractivity contribution < 1.29 is 9.84 Å². The molecule has 2 heteroatoms. The van der Waals surface area contributed by atoms with Crippen LogP contribution in [0.2, 0.25) is 0 Å². The van der Waals surface area contributed by atoms with E-state index >= 15 is 0 Å². The van der Waals surface area contributed by atoms with Gasteiger partial charge in [0.05, 0.1) is 12.7 Å². The van der Waals surface area contributed by atoms with Crippen molar-refractivity contribution in [1.29, 1.82) is 0 Å². The molecule has 0 aromatic heterocycles. The summed E-state index contributed by atoms with van der Waals surface area (Å²) in [6.07, 6.45) is 4.80. The van der Waals surface area contributed by atoms with Crippen LogP contribution in [0.15, 0.2) is 11.1 Å². The molecular weight excluding hydrogens is 176 g/mol. The molecule has 2 nitrogen and oxygen atoms in total. The Bertz CT molecular complexity index is 173. The fraction of sp³-hybridized carbons (Fsp3) is 0.833. The fourth-order valence-electron chi connectivity index (χ4n) is 1.39. The smallest absolute Gasteiger partial charge is 0.0641 e. The Balaban J connectivity index is 4.04. The highest BCUT2D eigenvalue weighted by molar-refractivity contribution is 5.10. The van der Waals surface area contributed by atoms with E-state index in [2.05, 4.69) is 13.8 Å². The Morgan fingerprint density at radius 2 is 1.93 bits per heavy atom. The van der Waals surface area contributed by atoms with Crippen molar-refractivity contribution in [3.63, 3.8) is 0 Å². The van der Waals surface area contributed by atoms with Gasteiger partial charge >= 0.3 is 0 Å². The minimum atomic E-state index is 0.163. The van der Waals surface area contributed by atoms with Crippen LogP contribution < -0.4 is 0 Å². The van der Waals surface area contributed by atoms with Gasteiger partial charge in [0.1, 0.15) is 0 Å². The monoisotopic (exact) mass is 200 g/mol. The van der Waals surface area contributed by atoms with Crippen LogP contribution in [0, 0.1) is 0 Å². The lowest BCUT2D eigenvalue weighted by Crippen LogP contribution is -2.11. The Morgan fingerprint density at radius 1 is 1.29 bits per heavy atom. The van der Waals surface area contributed by atoms with Crippen molar-refractivity contribution in [2.45, 2.75) is 52.6 Å². The molecule has 0 spiro atoms. The molecule has 0 saturated carbocycles. The molecule has 84 valence electrons. The zero-order valence-corrected chi connectivity index (χ0v) is 9.97. The molecule has 0 aromatic rings. The minimum absolute atomic E-state index is 0.163. The Hall–Kier alpha value is -0.340. The summed E-state index contributed by atoms with van der Waals surface area (Å²) in [5.41, 5.74) is 2.33. The first-order chi connectivity index (χ1) is 6.65. The van der Waals surface area contributed by atoms with E-state index in [4.69, 9.17) is 9.84 Å². The largest absolute Gasteiger partial charge is 0.392 e. The average Bonchev–Trinajstić information content (AvgIpc) is 2.22.